The highest BCUT2D eigenvalue weighted by molar-refractivity contribution is 5.40. The summed E-state index contributed by atoms with van der Waals surface area (Å²) in [5.74, 6) is 4.93. The first-order valence-electron chi connectivity index (χ1n) is 5.39. The lowest BCUT2D eigenvalue weighted by molar-refractivity contribution is 0.617. The quantitative estimate of drug-likeness (QED) is 0.522. The second-order valence-corrected chi connectivity index (χ2v) is 3.73. The van der Waals surface area contributed by atoms with E-state index in [2.05, 4.69) is 25.8 Å². The number of nitrogen functional groups attached to an aromatic ring is 1. The number of hydrogen-bond acceptors (Lipinski definition) is 6. The van der Waals surface area contributed by atoms with Crippen molar-refractivity contribution in [3.05, 3.63) is 30.0 Å². The van der Waals surface area contributed by atoms with Crippen molar-refractivity contribution in [2.75, 3.05) is 17.3 Å². The fourth-order valence-electron chi connectivity index (χ4n) is 1.49. The summed E-state index contributed by atoms with van der Waals surface area (Å²) in [5.41, 5.74) is 3.33. The number of nitrogens with one attached hydrogen (secondary N) is 2. The second kappa shape index (κ2) is 5.41. The Morgan fingerprint density at radius 1 is 1.44 bits per heavy atom. The van der Waals surface area contributed by atoms with Crippen LogP contribution >= 0.6 is 0 Å². The maximum atomic E-state index is 13.4. The van der Waals surface area contributed by atoms with Crippen molar-refractivity contribution in [3.63, 3.8) is 0 Å². The summed E-state index contributed by atoms with van der Waals surface area (Å²) in [7, 11) is 1.85. The van der Waals surface area contributed by atoms with E-state index in [0.29, 0.717) is 6.54 Å². The van der Waals surface area contributed by atoms with Gasteiger partial charge in [-0.05, 0) is 12.0 Å². The van der Waals surface area contributed by atoms with Crippen molar-refractivity contribution >= 4 is 11.8 Å². The van der Waals surface area contributed by atoms with Crippen LogP contribution in [-0.4, -0.2) is 26.3 Å². The molecule has 0 spiro atoms. The van der Waals surface area contributed by atoms with Crippen molar-refractivity contribution in [3.8, 4) is 0 Å². The summed E-state index contributed by atoms with van der Waals surface area (Å²) in [5, 5.41) is 6.94. The topological polar surface area (TPSA) is 93.7 Å². The lowest BCUT2D eigenvalue weighted by Crippen LogP contribution is -2.14. The molecule has 96 valence electrons. The van der Waals surface area contributed by atoms with E-state index < -0.39 is 5.82 Å². The minimum atomic E-state index is -0.514. The molecule has 8 heteroatoms. The van der Waals surface area contributed by atoms with E-state index in [9.17, 15) is 4.39 Å². The van der Waals surface area contributed by atoms with Gasteiger partial charge in [0.05, 0.1) is 12.4 Å². The van der Waals surface area contributed by atoms with Gasteiger partial charge < -0.3 is 5.32 Å². The number of aryl methyl sites for hydroxylation is 1. The maximum absolute atomic E-state index is 13.4. The molecular weight excluding hydrogens is 237 g/mol. The summed E-state index contributed by atoms with van der Waals surface area (Å²) in [6.07, 6.45) is 5.47. The molecule has 0 radical (unpaired) electrons. The molecule has 0 bridgehead atoms. The molecule has 0 aliphatic heterocycles. The van der Waals surface area contributed by atoms with Gasteiger partial charge in [-0.1, -0.05) is 0 Å². The first-order valence-corrected chi connectivity index (χ1v) is 5.39. The zero-order valence-corrected chi connectivity index (χ0v) is 9.89. The van der Waals surface area contributed by atoms with Gasteiger partial charge in [0.1, 0.15) is 0 Å². The van der Waals surface area contributed by atoms with E-state index in [1.54, 1.807) is 10.9 Å². The van der Waals surface area contributed by atoms with Crippen LogP contribution in [0.4, 0.5) is 16.2 Å². The van der Waals surface area contributed by atoms with Crippen LogP contribution < -0.4 is 16.6 Å². The SMILES string of the molecule is Cn1cc(CCNc2nc(NN)ncc2F)cn1. The Kier molecular flexibility index (Phi) is 3.68. The average Bonchev–Trinajstić information content (AvgIpc) is 2.77. The van der Waals surface area contributed by atoms with Crippen LogP contribution in [0.1, 0.15) is 5.56 Å². The predicted molar refractivity (Wildman–Crippen MR) is 65.2 cm³/mol. The lowest BCUT2D eigenvalue weighted by atomic mass is 10.2. The molecule has 2 rings (SSSR count). The molecule has 0 unspecified atom stereocenters. The standard InChI is InChI=1S/C10H14FN7/c1-18-6-7(4-15-18)2-3-13-9-8(11)5-14-10(16-9)17-12/h4-6H,2-3,12H2,1H3,(H2,13,14,16,17). The van der Waals surface area contributed by atoms with Gasteiger partial charge >= 0.3 is 0 Å². The fraction of sp³-hybridized carbons (Fsp3) is 0.300. The van der Waals surface area contributed by atoms with Gasteiger partial charge in [-0.15, -0.1) is 0 Å². The fourth-order valence-corrected chi connectivity index (χ4v) is 1.49. The van der Waals surface area contributed by atoms with Crippen LogP contribution in [0.25, 0.3) is 0 Å². The third-order valence-corrected chi connectivity index (χ3v) is 2.34. The summed E-state index contributed by atoms with van der Waals surface area (Å²) in [6, 6.07) is 0. The van der Waals surface area contributed by atoms with Crippen LogP contribution in [0.3, 0.4) is 0 Å². The van der Waals surface area contributed by atoms with Crippen LogP contribution in [0.5, 0.6) is 0 Å². The number of anilines is 2. The molecule has 2 aromatic heterocycles. The maximum Gasteiger partial charge on any atom is 0.239 e. The van der Waals surface area contributed by atoms with E-state index in [1.165, 1.54) is 0 Å². The molecule has 0 aromatic carbocycles. The van der Waals surface area contributed by atoms with Gasteiger partial charge in [-0.3, -0.25) is 10.1 Å². The molecule has 0 aliphatic carbocycles. The Morgan fingerprint density at radius 3 is 2.94 bits per heavy atom. The highest BCUT2D eigenvalue weighted by atomic mass is 19.1. The number of nitrogens with zero attached hydrogens (tertiary/aromatic N) is 4. The molecule has 2 aromatic rings. The Labute approximate surface area is 103 Å². The van der Waals surface area contributed by atoms with Gasteiger partial charge in [0.15, 0.2) is 11.6 Å². The van der Waals surface area contributed by atoms with Gasteiger partial charge in [-0.25, -0.2) is 15.2 Å². The smallest absolute Gasteiger partial charge is 0.239 e. The molecule has 2 heterocycles. The van der Waals surface area contributed by atoms with E-state index in [1.807, 2.05) is 13.2 Å². The van der Waals surface area contributed by atoms with Crippen molar-refractivity contribution in [1.29, 1.82) is 0 Å². The van der Waals surface area contributed by atoms with E-state index in [4.69, 9.17) is 5.84 Å². The first-order chi connectivity index (χ1) is 8.69. The number of hydrazine groups is 1. The van der Waals surface area contributed by atoms with Crippen molar-refractivity contribution in [1.82, 2.24) is 19.7 Å². The molecule has 4 N–H and O–H groups in total. The minimum Gasteiger partial charge on any atom is -0.367 e. The number of halogens is 1. The molecule has 0 atom stereocenters. The van der Waals surface area contributed by atoms with Crippen molar-refractivity contribution < 1.29 is 4.39 Å². The number of hydrogen-bond donors (Lipinski definition) is 3. The van der Waals surface area contributed by atoms with Gasteiger partial charge in [0.25, 0.3) is 0 Å². The van der Waals surface area contributed by atoms with Gasteiger partial charge in [-0.2, -0.15) is 10.1 Å². The van der Waals surface area contributed by atoms with Gasteiger partial charge in [0.2, 0.25) is 5.95 Å². The molecule has 0 aliphatic rings. The normalized spacial score (nSPS) is 10.4. The Hall–Kier alpha value is -2.22. The molecule has 0 amide bonds. The minimum absolute atomic E-state index is 0.127. The molecule has 7 nitrogen and oxygen atoms in total. The molecule has 0 saturated heterocycles. The molecule has 0 saturated carbocycles. The van der Waals surface area contributed by atoms with E-state index in [-0.39, 0.29) is 11.8 Å². The Balaban J connectivity index is 1.93. The zero-order chi connectivity index (χ0) is 13.0. The number of aromatic nitrogens is 4. The summed E-state index contributed by atoms with van der Waals surface area (Å²) in [4.78, 5) is 7.52. The van der Waals surface area contributed by atoms with Crippen LogP contribution in [0.2, 0.25) is 0 Å². The molecule has 18 heavy (non-hydrogen) atoms. The van der Waals surface area contributed by atoms with Gasteiger partial charge in [0, 0.05) is 19.8 Å². The molecule has 0 fully saturated rings. The summed E-state index contributed by atoms with van der Waals surface area (Å²) < 4.78 is 15.1. The Bertz CT molecular complexity index is 525. The number of nitrogens with two attached hydrogens (primary N) is 1. The highest BCUT2D eigenvalue weighted by Gasteiger charge is 2.05. The largest absolute Gasteiger partial charge is 0.367 e. The Morgan fingerprint density at radius 2 is 2.28 bits per heavy atom. The average molecular weight is 251 g/mol. The summed E-state index contributed by atoms with van der Waals surface area (Å²) in [6.45, 7) is 0.545. The molecular formula is C10H14FN7. The van der Waals surface area contributed by atoms with Crippen LogP contribution in [0.15, 0.2) is 18.6 Å². The predicted octanol–water partition coefficient (Wildman–Crippen LogP) is 0.289. The second-order valence-electron chi connectivity index (χ2n) is 3.73. The first kappa shape index (κ1) is 12.2. The van der Waals surface area contributed by atoms with Crippen molar-refractivity contribution in [2.45, 2.75) is 6.42 Å². The third-order valence-electron chi connectivity index (χ3n) is 2.34. The zero-order valence-electron chi connectivity index (χ0n) is 9.89. The van der Waals surface area contributed by atoms with Crippen LogP contribution in [-0.2, 0) is 13.5 Å². The number of rotatable bonds is 5. The van der Waals surface area contributed by atoms with E-state index >= 15 is 0 Å². The van der Waals surface area contributed by atoms with Crippen LogP contribution in [0, 0.1) is 5.82 Å². The lowest BCUT2D eigenvalue weighted by Gasteiger charge is -2.06. The third kappa shape index (κ3) is 2.92. The van der Waals surface area contributed by atoms with E-state index in [0.717, 1.165) is 18.2 Å². The summed E-state index contributed by atoms with van der Waals surface area (Å²) >= 11 is 0. The highest BCUT2D eigenvalue weighted by Crippen LogP contribution is 2.11. The van der Waals surface area contributed by atoms with Crippen molar-refractivity contribution in [2.24, 2.45) is 12.9 Å². The monoisotopic (exact) mass is 251 g/mol.